The molecule has 120 valence electrons. The summed E-state index contributed by atoms with van der Waals surface area (Å²) < 4.78 is 12.8. The number of hydrogen-bond acceptors (Lipinski definition) is 4. The summed E-state index contributed by atoms with van der Waals surface area (Å²) in [6.45, 7) is 7.84. The van der Waals surface area contributed by atoms with Gasteiger partial charge in [0.25, 0.3) is 0 Å². The van der Waals surface area contributed by atoms with Crippen LogP contribution in [0.15, 0.2) is 12.3 Å². The number of carbonyl (C=O) groups excluding carboxylic acids is 1. The van der Waals surface area contributed by atoms with E-state index in [9.17, 15) is 4.79 Å². The molecule has 0 unspecified atom stereocenters. The van der Waals surface area contributed by atoms with Crippen LogP contribution in [0, 0.1) is 0 Å². The van der Waals surface area contributed by atoms with Gasteiger partial charge in [-0.1, -0.05) is 31.2 Å². The number of rotatable bonds is 7. The minimum absolute atomic E-state index is 0.278. The van der Waals surface area contributed by atoms with E-state index in [-0.39, 0.29) is 6.73 Å². The fourth-order valence-electron chi connectivity index (χ4n) is 2.15. The number of methoxy groups -OCH3 is 1. The van der Waals surface area contributed by atoms with Crippen molar-refractivity contribution in [3.8, 4) is 5.88 Å². The molecule has 0 radical (unpaired) electrons. The summed E-state index contributed by atoms with van der Waals surface area (Å²) in [5.41, 5.74) is 1.18. The molecule has 0 aliphatic rings. The van der Waals surface area contributed by atoms with Crippen LogP contribution in [-0.4, -0.2) is 37.6 Å². The van der Waals surface area contributed by atoms with Crippen LogP contribution in [-0.2, 0) is 11.5 Å². The Balaban J connectivity index is 2.31. The van der Waals surface area contributed by atoms with Gasteiger partial charge in [-0.05, 0) is 12.1 Å². The predicted octanol–water partition coefficient (Wildman–Crippen LogP) is 3.82. The van der Waals surface area contributed by atoms with Gasteiger partial charge < -0.3 is 14.0 Å². The SMILES string of the molecule is COc1ncc(Cl)c2cc(C=O)n(COCC[Si](C)(C)C)c12. The summed E-state index contributed by atoms with van der Waals surface area (Å²) in [7, 11) is 0.398. The van der Waals surface area contributed by atoms with Crippen LogP contribution in [0.1, 0.15) is 10.5 Å². The fourth-order valence-corrected chi connectivity index (χ4v) is 3.10. The minimum atomic E-state index is -1.14. The van der Waals surface area contributed by atoms with Crippen LogP contribution in [0.3, 0.4) is 0 Å². The molecule has 0 atom stereocenters. The van der Waals surface area contributed by atoms with E-state index in [1.807, 2.05) is 0 Å². The third kappa shape index (κ3) is 3.69. The van der Waals surface area contributed by atoms with E-state index in [0.29, 0.717) is 28.7 Å². The number of hydrogen-bond donors (Lipinski definition) is 0. The van der Waals surface area contributed by atoms with E-state index in [1.165, 1.54) is 6.20 Å². The van der Waals surface area contributed by atoms with Gasteiger partial charge >= 0.3 is 0 Å². The van der Waals surface area contributed by atoms with Gasteiger partial charge in [0.05, 0.1) is 24.0 Å². The number of nitrogens with zero attached hydrogens (tertiary/aromatic N) is 2. The van der Waals surface area contributed by atoms with Crippen molar-refractivity contribution >= 4 is 36.9 Å². The van der Waals surface area contributed by atoms with Gasteiger partial charge in [0.15, 0.2) is 6.29 Å². The molecule has 0 saturated carbocycles. The van der Waals surface area contributed by atoms with E-state index >= 15 is 0 Å². The topological polar surface area (TPSA) is 53.3 Å². The van der Waals surface area contributed by atoms with Crippen molar-refractivity contribution in [3.05, 3.63) is 23.0 Å². The van der Waals surface area contributed by atoms with Gasteiger partial charge in [-0.15, -0.1) is 0 Å². The first-order valence-corrected chi connectivity index (χ1v) is 11.2. The quantitative estimate of drug-likeness (QED) is 0.437. The molecule has 2 heterocycles. The molecule has 0 aromatic carbocycles. The van der Waals surface area contributed by atoms with E-state index in [0.717, 1.165) is 17.7 Å². The molecule has 5 nitrogen and oxygen atoms in total. The molecule has 0 aliphatic heterocycles. The summed E-state index contributed by atoms with van der Waals surface area (Å²) in [6, 6.07) is 2.80. The Morgan fingerprint density at radius 1 is 1.41 bits per heavy atom. The lowest BCUT2D eigenvalue weighted by Gasteiger charge is -2.16. The zero-order valence-electron chi connectivity index (χ0n) is 13.4. The Labute approximate surface area is 136 Å². The van der Waals surface area contributed by atoms with Gasteiger partial charge in [0.2, 0.25) is 5.88 Å². The first kappa shape index (κ1) is 17.0. The highest BCUT2D eigenvalue weighted by molar-refractivity contribution is 6.76. The van der Waals surface area contributed by atoms with Crippen LogP contribution in [0.2, 0.25) is 30.7 Å². The molecule has 2 aromatic rings. The zero-order chi connectivity index (χ0) is 16.3. The predicted molar refractivity (Wildman–Crippen MR) is 90.8 cm³/mol. The van der Waals surface area contributed by atoms with Gasteiger partial charge in [-0.25, -0.2) is 4.98 Å². The Morgan fingerprint density at radius 2 is 2.14 bits per heavy atom. The van der Waals surface area contributed by atoms with Crippen molar-refractivity contribution in [2.75, 3.05) is 13.7 Å². The standard InChI is InChI=1S/C15H21ClN2O3Si/c1-20-15-14-12(13(16)8-17-15)7-11(9-19)18(14)10-21-5-6-22(2,3)4/h7-9H,5-6,10H2,1-4H3. The van der Waals surface area contributed by atoms with Crippen LogP contribution in [0.4, 0.5) is 0 Å². The number of halogens is 1. The second-order valence-corrected chi connectivity index (χ2v) is 12.4. The zero-order valence-corrected chi connectivity index (χ0v) is 15.1. The minimum Gasteiger partial charge on any atom is -0.479 e. The van der Waals surface area contributed by atoms with Gasteiger partial charge in [0.1, 0.15) is 12.2 Å². The molecule has 0 bridgehead atoms. The average molecular weight is 341 g/mol. The lowest BCUT2D eigenvalue weighted by molar-refractivity contribution is 0.0860. The lowest BCUT2D eigenvalue weighted by Crippen LogP contribution is -2.22. The maximum Gasteiger partial charge on any atom is 0.238 e. The Bertz CT molecular complexity index is 679. The molecule has 0 amide bonds. The van der Waals surface area contributed by atoms with Crippen molar-refractivity contribution < 1.29 is 14.3 Å². The van der Waals surface area contributed by atoms with Crippen LogP contribution in [0.5, 0.6) is 5.88 Å². The molecular weight excluding hydrogens is 320 g/mol. The first-order valence-electron chi connectivity index (χ1n) is 7.12. The monoisotopic (exact) mass is 340 g/mol. The second-order valence-electron chi connectivity index (χ2n) is 6.34. The van der Waals surface area contributed by atoms with E-state index in [2.05, 4.69) is 24.6 Å². The van der Waals surface area contributed by atoms with Crippen molar-refractivity contribution in [2.45, 2.75) is 32.4 Å². The van der Waals surface area contributed by atoms with Crippen molar-refractivity contribution in [1.29, 1.82) is 0 Å². The maximum absolute atomic E-state index is 11.3. The summed E-state index contributed by atoms with van der Waals surface area (Å²) in [5.74, 6) is 0.432. The number of fused-ring (bicyclic) bond motifs is 1. The Morgan fingerprint density at radius 3 is 2.73 bits per heavy atom. The molecule has 0 fully saturated rings. The normalized spacial score (nSPS) is 11.9. The average Bonchev–Trinajstić information content (AvgIpc) is 2.83. The third-order valence-corrected chi connectivity index (χ3v) is 5.42. The fraction of sp³-hybridized carbons (Fsp3) is 0.467. The number of aldehydes is 1. The van der Waals surface area contributed by atoms with E-state index < -0.39 is 8.07 Å². The number of ether oxygens (including phenoxy) is 2. The highest BCUT2D eigenvalue weighted by atomic mass is 35.5. The summed E-state index contributed by atoms with van der Waals surface area (Å²) in [4.78, 5) is 15.5. The highest BCUT2D eigenvalue weighted by Crippen LogP contribution is 2.32. The largest absolute Gasteiger partial charge is 0.479 e. The summed E-state index contributed by atoms with van der Waals surface area (Å²) >= 11 is 6.17. The first-order chi connectivity index (χ1) is 10.4. The van der Waals surface area contributed by atoms with Crippen LogP contribution in [0.25, 0.3) is 10.9 Å². The number of pyridine rings is 1. The van der Waals surface area contributed by atoms with Gasteiger partial charge in [-0.2, -0.15) is 0 Å². The number of aromatic nitrogens is 2. The van der Waals surface area contributed by atoms with Crippen molar-refractivity contribution in [1.82, 2.24) is 9.55 Å². The molecule has 0 spiro atoms. The molecule has 0 N–H and O–H groups in total. The van der Waals surface area contributed by atoms with Gasteiger partial charge in [0, 0.05) is 20.1 Å². The van der Waals surface area contributed by atoms with Crippen molar-refractivity contribution in [2.24, 2.45) is 0 Å². The Kier molecular flexibility index (Phi) is 5.26. The Hall–Kier alpha value is -1.37. The maximum atomic E-state index is 11.3. The van der Waals surface area contributed by atoms with E-state index in [1.54, 1.807) is 17.7 Å². The second kappa shape index (κ2) is 6.81. The van der Waals surface area contributed by atoms with Crippen LogP contribution >= 0.6 is 11.6 Å². The molecule has 22 heavy (non-hydrogen) atoms. The summed E-state index contributed by atoms with van der Waals surface area (Å²) in [5, 5.41) is 1.23. The third-order valence-electron chi connectivity index (χ3n) is 3.41. The lowest BCUT2D eigenvalue weighted by atomic mass is 10.3. The highest BCUT2D eigenvalue weighted by Gasteiger charge is 2.17. The molecule has 0 saturated heterocycles. The summed E-state index contributed by atoms with van der Waals surface area (Å²) in [6.07, 6.45) is 2.31. The van der Waals surface area contributed by atoms with Gasteiger partial charge in [-0.3, -0.25) is 4.79 Å². The smallest absolute Gasteiger partial charge is 0.238 e. The molecule has 2 aromatic heterocycles. The van der Waals surface area contributed by atoms with Crippen LogP contribution < -0.4 is 4.74 Å². The van der Waals surface area contributed by atoms with Crippen molar-refractivity contribution in [3.63, 3.8) is 0 Å². The molecule has 2 rings (SSSR count). The molecule has 0 aliphatic carbocycles. The number of carbonyl (C=O) groups is 1. The van der Waals surface area contributed by atoms with E-state index in [4.69, 9.17) is 21.1 Å². The molecular formula is C15H21ClN2O3Si. The molecule has 7 heteroatoms.